The van der Waals surface area contributed by atoms with E-state index in [4.69, 9.17) is 0 Å². The highest BCUT2D eigenvalue weighted by Crippen LogP contribution is 2.11. The largest absolute Gasteiger partial charge is 0.355 e. The van der Waals surface area contributed by atoms with Crippen LogP contribution in [-0.2, 0) is 28.1 Å². The number of sulfone groups is 1. The predicted octanol–water partition coefficient (Wildman–Crippen LogP) is 1.08. The zero-order valence-corrected chi connectivity index (χ0v) is 13.5. The second-order valence-corrected chi connectivity index (χ2v) is 7.18. The zero-order valence-electron chi connectivity index (χ0n) is 12.7. The Labute approximate surface area is 134 Å². The highest BCUT2D eigenvalue weighted by atomic mass is 32.2. The van der Waals surface area contributed by atoms with Crippen molar-refractivity contribution in [3.05, 3.63) is 48.0 Å². The van der Waals surface area contributed by atoms with E-state index in [-0.39, 0.29) is 29.5 Å². The van der Waals surface area contributed by atoms with Crippen LogP contribution in [0.3, 0.4) is 0 Å². The molecular weight excluding hydrogens is 321 g/mol. The van der Waals surface area contributed by atoms with Gasteiger partial charge in [-0.05, 0) is 36.8 Å². The average molecular weight is 339 g/mol. The van der Waals surface area contributed by atoms with Crippen molar-refractivity contribution in [2.45, 2.75) is 17.7 Å². The van der Waals surface area contributed by atoms with Gasteiger partial charge in [0.2, 0.25) is 5.91 Å². The van der Waals surface area contributed by atoms with Crippen LogP contribution in [0.4, 0.5) is 4.39 Å². The number of nitrogens with one attached hydrogen (secondary N) is 1. The Morgan fingerprint density at radius 1 is 1.26 bits per heavy atom. The highest BCUT2D eigenvalue weighted by Gasteiger charge is 2.14. The van der Waals surface area contributed by atoms with Gasteiger partial charge in [-0.25, -0.2) is 12.8 Å². The number of hydrogen-bond acceptors (Lipinski definition) is 4. The van der Waals surface area contributed by atoms with Gasteiger partial charge in [-0.15, -0.1) is 0 Å². The lowest BCUT2D eigenvalue weighted by molar-refractivity contribution is -0.120. The van der Waals surface area contributed by atoms with Crippen LogP contribution in [0, 0.1) is 5.82 Å². The first kappa shape index (κ1) is 17.1. The molecule has 1 aromatic heterocycles. The lowest BCUT2D eigenvalue weighted by Gasteiger charge is -2.07. The fraction of sp³-hybridized carbons (Fsp3) is 0.333. The number of rotatable bonds is 7. The van der Waals surface area contributed by atoms with Crippen molar-refractivity contribution in [2.75, 3.05) is 12.3 Å². The number of carbonyl (C=O) groups excluding carboxylic acids is 1. The Morgan fingerprint density at radius 3 is 2.57 bits per heavy atom. The highest BCUT2D eigenvalue weighted by molar-refractivity contribution is 7.91. The average Bonchev–Trinajstić information content (AvgIpc) is 2.91. The third-order valence-electron chi connectivity index (χ3n) is 3.40. The molecule has 1 amide bonds. The summed E-state index contributed by atoms with van der Waals surface area (Å²) >= 11 is 0. The summed E-state index contributed by atoms with van der Waals surface area (Å²) in [5.41, 5.74) is 0.930. The molecule has 0 spiro atoms. The summed E-state index contributed by atoms with van der Waals surface area (Å²) in [6.45, 7) is 0.0178. The summed E-state index contributed by atoms with van der Waals surface area (Å²) in [5, 5.41) is 6.59. The molecule has 0 saturated carbocycles. The lowest BCUT2D eigenvalue weighted by atomic mass is 10.2. The number of aromatic nitrogens is 2. The summed E-state index contributed by atoms with van der Waals surface area (Å²) in [6.07, 6.45) is 2.45. The van der Waals surface area contributed by atoms with Gasteiger partial charge >= 0.3 is 0 Å². The molecule has 2 rings (SSSR count). The number of halogens is 1. The Kier molecular flexibility index (Phi) is 5.49. The van der Waals surface area contributed by atoms with Crippen molar-refractivity contribution in [3.63, 3.8) is 0 Å². The number of benzene rings is 1. The van der Waals surface area contributed by atoms with Gasteiger partial charge in [0, 0.05) is 31.9 Å². The Hall–Kier alpha value is -2.22. The third-order valence-corrected chi connectivity index (χ3v) is 5.13. The van der Waals surface area contributed by atoms with Crippen molar-refractivity contribution in [1.82, 2.24) is 15.1 Å². The maximum absolute atomic E-state index is 12.8. The monoisotopic (exact) mass is 339 g/mol. The van der Waals surface area contributed by atoms with Crippen LogP contribution in [0.1, 0.15) is 12.1 Å². The van der Waals surface area contributed by atoms with E-state index in [1.54, 1.807) is 17.9 Å². The normalized spacial score (nSPS) is 11.4. The fourth-order valence-electron chi connectivity index (χ4n) is 2.06. The van der Waals surface area contributed by atoms with Crippen LogP contribution in [-0.4, -0.2) is 36.4 Å². The molecule has 1 aromatic carbocycles. The van der Waals surface area contributed by atoms with Crippen molar-refractivity contribution in [3.8, 4) is 0 Å². The van der Waals surface area contributed by atoms with Crippen molar-refractivity contribution in [1.29, 1.82) is 0 Å². The van der Waals surface area contributed by atoms with E-state index in [2.05, 4.69) is 10.4 Å². The van der Waals surface area contributed by atoms with Crippen molar-refractivity contribution in [2.24, 2.45) is 7.05 Å². The predicted molar refractivity (Wildman–Crippen MR) is 83.0 cm³/mol. The van der Waals surface area contributed by atoms with Gasteiger partial charge in [0.05, 0.1) is 10.6 Å². The second-order valence-electron chi connectivity index (χ2n) is 5.07. The smallest absolute Gasteiger partial charge is 0.220 e. The minimum absolute atomic E-state index is 0.0178. The molecule has 0 aliphatic carbocycles. The van der Waals surface area contributed by atoms with E-state index < -0.39 is 15.7 Å². The van der Waals surface area contributed by atoms with E-state index in [0.29, 0.717) is 6.42 Å². The minimum Gasteiger partial charge on any atom is -0.355 e. The van der Waals surface area contributed by atoms with Crippen molar-refractivity contribution >= 4 is 15.7 Å². The van der Waals surface area contributed by atoms with Crippen LogP contribution in [0.2, 0.25) is 0 Å². The molecule has 0 bridgehead atoms. The second kappa shape index (κ2) is 7.36. The maximum Gasteiger partial charge on any atom is 0.220 e. The van der Waals surface area contributed by atoms with Gasteiger partial charge in [-0.2, -0.15) is 5.10 Å². The lowest BCUT2D eigenvalue weighted by Crippen LogP contribution is -2.29. The van der Waals surface area contributed by atoms with E-state index in [0.717, 1.165) is 17.8 Å². The van der Waals surface area contributed by atoms with Gasteiger partial charge in [-0.3, -0.25) is 9.48 Å². The van der Waals surface area contributed by atoms with Gasteiger partial charge in [0.15, 0.2) is 9.84 Å². The van der Waals surface area contributed by atoms with Crippen LogP contribution < -0.4 is 5.32 Å². The number of nitrogens with zero attached hydrogens (tertiary/aromatic N) is 2. The van der Waals surface area contributed by atoms with E-state index >= 15 is 0 Å². The number of hydrogen-bond donors (Lipinski definition) is 1. The molecule has 0 unspecified atom stereocenters. The maximum atomic E-state index is 12.8. The Bertz CT molecular complexity index is 770. The van der Waals surface area contributed by atoms with Gasteiger partial charge in [0.25, 0.3) is 0 Å². The SMILES string of the molecule is Cn1nccc1CCC(=O)NCCS(=O)(=O)c1ccc(F)cc1. The summed E-state index contributed by atoms with van der Waals surface area (Å²) < 4.78 is 38.5. The third kappa shape index (κ3) is 4.88. The molecule has 0 saturated heterocycles. The molecule has 1 heterocycles. The molecule has 124 valence electrons. The van der Waals surface area contributed by atoms with Gasteiger partial charge < -0.3 is 5.32 Å². The van der Waals surface area contributed by atoms with Crippen LogP contribution >= 0.6 is 0 Å². The molecule has 0 atom stereocenters. The molecule has 1 N–H and O–H groups in total. The number of carbonyl (C=O) groups is 1. The van der Waals surface area contributed by atoms with Crippen LogP contribution in [0.25, 0.3) is 0 Å². The fourth-order valence-corrected chi connectivity index (χ4v) is 3.22. The molecule has 0 radical (unpaired) electrons. The standard InChI is InChI=1S/C15H18FN3O3S/c1-19-13(8-9-18-19)4-7-15(20)17-10-11-23(21,22)14-5-2-12(16)3-6-14/h2-3,5-6,8-9H,4,7,10-11H2,1H3,(H,17,20). The topological polar surface area (TPSA) is 81.1 Å². The molecule has 0 aliphatic rings. The van der Waals surface area contributed by atoms with Crippen molar-refractivity contribution < 1.29 is 17.6 Å². The molecular formula is C15H18FN3O3S. The first-order chi connectivity index (χ1) is 10.9. The van der Waals surface area contributed by atoms with E-state index in [1.807, 2.05) is 6.07 Å². The van der Waals surface area contributed by atoms with E-state index in [1.165, 1.54) is 12.1 Å². The summed E-state index contributed by atoms with van der Waals surface area (Å²) in [5.74, 6) is -0.941. The summed E-state index contributed by atoms with van der Waals surface area (Å²) in [7, 11) is -1.74. The molecule has 23 heavy (non-hydrogen) atoms. The zero-order chi connectivity index (χ0) is 16.9. The Morgan fingerprint density at radius 2 is 1.96 bits per heavy atom. The van der Waals surface area contributed by atoms with Gasteiger partial charge in [-0.1, -0.05) is 0 Å². The van der Waals surface area contributed by atoms with Crippen LogP contribution in [0.5, 0.6) is 0 Å². The number of amides is 1. The summed E-state index contributed by atoms with van der Waals surface area (Å²) in [6, 6.07) is 6.45. The molecule has 0 fully saturated rings. The molecule has 0 aliphatic heterocycles. The first-order valence-corrected chi connectivity index (χ1v) is 8.75. The van der Waals surface area contributed by atoms with E-state index in [9.17, 15) is 17.6 Å². The first-order valence-electron chi connectivity index (χ1n) is 7.10. The number of aryl methyl sites for hydroxylation is 2. The van der Waals surface area contributed by atoms with Crippen LogP contribution in [0.15, 0.2) is 41.4 Å². The minimum atomic E-state index is -3.53. The summed E-state index contributed by atoms with van der Waals surface area (Å²) in [4.78, 5) is 11.8. The quantitative estimate of drug-likeness (QED) is 0.766. The van der Waals surface area contributed by atoms with Gasteiger partial charge in [0.1, 0.15) is 5.82 Å². The molecule has 8 heteroatoms. The Balaban J connectivity index is 1.78. The molecule has 6 nitrogen and oxygen atoms in total. The molecule has 2 aromatic rings.